The van der Waals surface area contributed by atoms with E-state index in [1.54, 1.807) is 25.6 Å². The Morgan fingerprint density at radius 3 is 2.07 bits per heavy atom. The Balaban J connectivity index is 4.72. The van der Waals surface area contributed by atoms with Gasteiger partial charge in [0, 0.05) is 0 Å². The summed E-state index contributed by atoms with van der Waals surface area (Å²) in [5.74, 6) is -2.85. The van der Waals surface area contributed by atoms with Gasteiger partial charge in [-0.15, -0.1) is 0 Å². The molecule has 0 radical (unpaired) electrons. The first kappa shape index (κ1) is 25.1. The molecule has 4 unspecified atom stereocenters. The molecule has 0 aromatic heterocycles. The van der Waals surface area contributed by atoms with E-state index in [0.717, 1.165) is 0 Å². The maximum atomic E-state index is 12.3. The molecule has 156 valence electrons. The monoisotopic (exact) mass is 406 g/mol. The van der Waals surface area contributed by atoms with Gasteiger partial charge in [0.15, 0.2) is 6.04 Å². The first-order valence-corrected chi connectivity index (χ1v) is 9.93. The second-order valence-electron chi connectivity index (χ2n) is 6.46. The molecule has 0 saturated carbocycles. The average Bonchev–Trinajstić information content (AvgIpc) is 2.58. The lowest BCUT2D eigenvalue weighted by molar-refractivity contribution is -0.145. The number of aliphatic hydroxyl groups is 1. The molecular weight excluding hydrogens is 376 g/mol. The van der Waals surface area contributed by atoms with Crippen molar-refractivity contribution in [3.63, 3.8) is 0 Å². The van der Waals surface area contributed by atoms with Crippen LogP contribution in [0.15, 0.2) is 0 Å². The predicted octanol–water partition coefficient (Wildman–Crippen LogP) is -1.73. The van der Waals surface area contributed by atoms with Gasteiger partial charge in [-0.1, -0.05) is 13.8 Å². The molecule has 0 aromatic carbocycles. The van der Waals surface area contributed by atoms with E-state index in [9.17, 15) is 24.3 Å². The fourth-order valence-electron chi connectivity index (χ4n) is 2.07. The number of hydrogen-bond donors (Lipinski definition) is 6. The van der Waals surface area contributed by atoms with Crippen LogP contribution in [0.1, 0.15) is 27.2 Å². The summed E-state index contributed by atoms with van der Waals surface area (Å²) in [5.41, 5.74) is 5.70. The summed E-state index contributed by atoms with van der Waals surface area (Å²) in [6, 6.07) is -3.25. The molecule has 11 heteroatoms. The number of rotatable bonds is 12. The number of aliphatic carboxylic acids is 1. The van der Waals surface area contributed by atoms with Crippen molar-refractivity contribution in [2.75, 3.05) is 18.6 Å². The average molecular weight is 407 g/mol. The maximum Gasteiger partial charge on any atom is 0.328 e. The minimum atomic E-state index is -1.50. The number of carboxylic acids is 1. The van der Waals surface area contributed by atoms with Crippen molar-refractivity contribution in [2.24, 2.45) is 11.7 Å². The molecule has 27 heavy (non-hydrogen) atoms. The molecular formula is C16H30N4O6S. The number of thioether (sulfide) groups is 1. The van der Waals surface area contributed by atoms with Crippen molar-refractivity contribution < 1.29 is 29.4 Å². The van der Waals surface area contributed by atoms with Crippen LogP contribution in [0.5, 0.6) is 0 Å². The minimum Gasteiger partial charge on any atom is -0.480 e. The molecule has 4 atom stereocenters. The number of carbonyl (C=O) groups is 4. The Morgan fingerprint density at radius 2 is 1.63 bits per heavy atom. The first-order valence-electron chi connectivity index (χ1n) is 8.54. The van der Waals surface area contributed by atoms with Crippen LogP contribution in [0.2, 0.25) is 0 Å². The third kappa shape index (κ3) is 9.59. The van der Waals surface area contributed by atoms with Crippen molar-refractivity contribution >= 4 is 35.5 Å². The van der Waals surface area contributed by atoms with E-state index in [0.29, 0.717) is 12.2 Å². The zero-order valence-electron chi connectivity index (χ0n) is 16.0. The van der Waals surface area contributed by atoms with Crippen LogP contribution in [0.3, 0.4) is 0 Å². The second-order valence-corrected chi connectivity index (χ2v) is 7.45. The van der Waals surface area contributed by atoms with Crippen LogP contribution >= 0.6 is 11.8 Å². The molecule has 0 spiro atoms. The first-order chi connectivity index (χ1) is 12.5. The van der Waals surface area contributed by atoms with Gasteiger partial charge in [0.05, 0.1) is 18.7 Å². The number of nitrogens with two attached hydrogens (primary N) is 1. The summed E-state index contributed by atoms with van der Waals surface area (Å²) in [4.78, 5) is 47.2. The number of aliphatic hydroxyl groups excluding tert-OH is 1. The highest BCUT2D eigenvalue weighted by Gasteiger charge is 2.31. The van der Waals surface area contributed by atoms with E-state index in [4.69, 9.17) is 10.8 Å². The summed E-state index contributed by atoms with van der Waals surface area (Å²) in [7, 11) is 0. The zero-order chi connectivity index (χ0) is 21.1. The standard InChI is InChI=1S/C16H30N4O6S/c1-8(2)12(15(24)20-13(9(3)21)16(25)26)19-11(22)7-18-14(23)10(17)5-6-27-4/h8-10,12-13,21H,5-7,17H2,1-4H3,(H,18,23)(H,19,22)(H,20,24)(H,25,26). The zero-order valence-corrected chi connectivity index (χ0v) is 16.8. The van der Waals surface area contributed by atoms with Crippen LogP contribution < -0.4 is 21.7 Å². The summed E-state index contributed by atoms with van der Waals surface area (Å²) in [6.45, 7) is 4.21. The molecule has 10 nitrogen and oxygen atoms in total. The van der Waals surface area contributed by atoms with E-state index in [2.05, 4.69) is 16.0 Å². The van der Waals surface area contributed by atoms with Gasteiger partial charge in [-0.25, -0.2) is 4.79 Å². The topological polar surface area (TPSA) is 171 Å². The summed E-state index contributed by atoms with van der Waals surface area (Å²) < 4.78 is 0. The molecule has 0 heterocycles. The van der Waals surface area contributed by atoms with Crippen molar-refractivity contribution in [3.05, 3.63) is 0 Å². The molecule has 0 aliphatic rings. The minimum absolute atomic E-state index is 0.350. The van der Waals surface area contributed by atoms with E-state index >= 15 is 0 Å². The third-order valence-electron chi connectivity index (χ3n) is 3.70. The molecule has 0 aliphatic heterocycles. The van der Waals surface area contributed by atoms with Gasteiger partial charge >= 0.3 is 5.97 Å². The van der Waals surface area contributed by atoms with Crippen LogP contribution in [-0.4, -0.2) is 76.7 Å². The maximum absolute atomic E-state index is 12.3. The Bertz CT molecular complexity index is 529. The quantitative estimate of drug-likeness (QED) is 0.222. The number of carbonyl (C=O) groups excluding carboxylic acids is 3. The molecule has 3 amide bonds. The Morgan fingerprint density at radius 1 is 1.04 bits per heavy atom. The molecule has 0 aliphatic carbocycles. The number of amides is 3. The Labute approximate surface area is 163 Å². The van der Waals surface area contributed by atoms with Gasteiger partial charge in [-0.2, -0.15) is 11.8 Å². The largest absolute Gasteiger partial charge is 0.480 e. The fraction of sp³-hybridized carbons (Fsp3) is 0.750. The van der Waals surface area contributed by atoms with Crippen molar-refractivity contribution in [1.82, 2.24) is 16.0 Å². The smallest absolute Gasteiger partial charge is 0.328 e. The van der Waals surface area contributed by atoms with Crippen molar-refractivity contribution in [1.29, 1.82) is 0 Å². The number of nitrogens with one attached hydrogen (secondary N) is 3. The van der Waals surface area contributed by atoms with Crippen LogP contribution in [0.4, 0.5) is 0 Å². The van der Waals surface area contributed by atoms with E-state index in [1.165, 1.54) is 6.92 Å². The molecule has 0 rings (SSSR count). The lowest BCUT2D eigenvalue weighted by Gasteiger charge is -2.25. The lowest BCUT2D eigenvalue weighted by atomic mass is 10.0. The Hall–Kier alpha value is -1.85. The molecule has 0 fully saturated rings. The third-order valence-corrected chi connectivity index (χ3v) is 4.35. The highest BCUT2D eigenvalue weighted by molar-refractivity contribution is 7.98. The SMILES string of the molecule is CSCCC(N)C(=O)NCC(=O)NC(C(=O)NC(C(=O)O)C(C)O)C(C)C. The van der Waals surface area contributed by atoms with Crippen LogP contribution in [-0.2, 0) is 19.2 Å². The predicted molar refractivity (Wildman–Crippen MR) is 102 cm³/mol. The van der Waals surface area contributed by atoms with E-state index < -0.39 is 47.9 Å². The van der Waals surface area contributed by atoms with Gasteiger partial charge in [0.1, 0.15) is 6.04 Å². The fourth-order valence-corrected chi connectivity index (χ4v) is 2.56. The van der Waals surface area contributed by atoms with Crippen LogP contribution in [0, 0.1) is 5.92 Å². The lowest BCUT2D eigenvalue weighted by Crippen LogP contribution is -2.57. The van der Waals surface area contributed by atoms with E-state index in [-0.39, 0.29) is 12.5 Å². The summed E-state index contributed by atoms with van der Waals surface area (Å²) in [5, 5.41) is 25.5. The molecule has 0 aromatic rings. The normalized spacial score (nSPS) is 15.4. The summed E-state index contributed by atoms with van der Waals surface area (Å²) >= 11 is 1.55. The van der Waals surface area contributed by atoms with Gasteiger partial charge in [0.2, 0.25) is 17.7 Å². The van der Waals surface area contributed by atoms with E-state index in [1.807, 2.05) is 6.26 Å². The highest BCUT2D eigenvalue weighted by Crippen LogP contribution is 2.04. The van der Waals surface area contributed by atoms with Gasteiger partial charge in [0.25, 0.3) is 0 Å². The van der Waals surface area contributed by atoms with Crippen LogP contribution in [0.25, 0.3) is 0 Å². The molecule has 0 bridgehead atoms. The van der Waals surface area contributed by atoms with Crippen molar-refractivity contribution in [2.45, 2.75) is 51.4 Å². The number of carboxylic acid groups (broad SMARTS) is 1. The molecule has 0 saturated heterocycles. The summed E-state index contributed by atoms with van der Waals surface area (Å²) in [6.07, 6.45) is 1.06. The Kier molecular flexibility index (Phi) is 11.7. The number of hydrogen-bond acceptors (Lipinski definition) is 7. The van der Waals surface area contributed by atoms with Gasteiger partial charge < -0.3 is 31.9 Å². The second kappa shape index (κ2) is 12.5. The molecule has 7 N–H and O–H groups in total. The highest BCUT2D eigenvalue weighted by atomic mass is 32.2. The van der Waals surface area contributed by atoms with Gasteiger partial charge in [-0.3, -0.25) is 14.4 Å². The van der Waals surface area contributed by atoms with Gasteiger partial charge in [-0.05, 0) is 31.3 Å². The van der Waals surface area contributed by atoms with Crippen molar-refractivity contribution in [3.8, 4) is 0 Å².